The predicted octanol–water partition coefficient (Wildman–Crippen LogP) is 1.79. The number of aromatic nitrogens is 1. The Balaban J connectivity index is 2.31. The lowest BCUT2D eigenvalue weighted by Gasteiger charge is -2.25. The Morgan fingerprint density at radius 2 is 2.38 bits per heavy atom. The molecule has 1 aromatic rings. The van der Waals surface area contributed by atoms with Gasteiger partial charge in [0, 0.05) is 23.5 Å². The quantitative estimate of drug-likeness (QED) is 0.589. The van der Waals surface area contributed by atoms with Gasteiger partial charge in [0.1, 0.15) is 0 Å². The normalized spacial score (nSPS) is 11.2. The number of esters is 1. The molecule has 0 amide bonds. The highest BCUT2D eigenvalue weighted by Crippen LogP contribution is 2.14. The molecule has 1 heterocycles. The number of anilines is 1. The van der Waals surface area contributed by atoms with E-state index in [1.807, 2.05) is 19.2 Å². The third-order valence-corrected chi connectivity index (χ3v) is 2.81. The van der Waals surface area contributed by atoms with Crippen molar-refractivity contribution in [1.82, 2.24) is 10.4 Å². The maximum absolute atomic E-state index is 11.0. The number of carbonyl (C=O) groups is 1. The van der Waals surface area contributed by atoms with Gasteiger partial charge in [0.2, 0.25) is 0 Å². The minimum atomic E-state index is -0.195. The van der Waals surface area contributed by atoms with E-state index in [9.17, 15) is 4.79 Å². The van der Waals surface area contributed by atoms with Gasteiger partial charge >= 0.3 is 5.97 Å². The molecule has 1 rings (SSSR count). The molecule has 0 bridgehead atoms. The van der Waals surface area contributed by atoms with Crippen LogP contribution in [0.4, 0.5) is 5.13 Å². The van der Waals surface area contributed by atoms with Crippen molar-refractivity contribution in [3.8, 4) is 0 Å². The van der Waals surface area contributed by atoms with Crippen LogP contribution in [0.5, 0.6) is 0 Å². The molecule has 2 N–H and O–H groups in total. The molecule has 0 spiro atoms. The van der Waals surface area contributed by atoms with Gasteiger partial charge in [-0.2, -0.15) is 0 Å². The molecular weight excluding hydrogens is 226 g/mol. The molecule has 0 saturated heterocycles. The maximum atomic E-state index is 11.0. The molecule has 0 radical (unpaired) electrons. The number of rotatable bonds is 6. The summed E-state index contributed by atoms with van der Waals surface area (Å²) in [5.41, 5.74) is 5.95. The van der Waals surface area contributed by atoms with Gasteiger partial charge in [-0.15, -0.1) is 11.3 Å². The summed E-state index contributed by atoms with van der Waals surface area (Å²) in [6.45, 7) is 4.02. The van der Waals surface area contributed by atoms with Crippen LogP contribution in [0.2, 0.25) is 0 Å². The number of nitrogens with one attached hydrogen (secondary N) is 2. The van der Waals surface area contributed by atoms with Crippen LogP contribution in [0.3, 0.4) is 0 Å². The summed E-state index contributed by atoms with van der Waals surface area (Å²) < 4.78 is 4.60. The van der Waals surface area contributed by atoms with Gasteiger partial charge in [0.15, 0.2) is 5.13 Å². The monoisotopic (exact) mass is 243 g/mol. The zero-order valence-electron chi connectivity index (χ0n) is 9.74. The van der Waals surface area contributed by atoms with Crippen LogP contribution in [0.15, 0.2) is 11.6 Å². The molecule has 90 valence electrons. The number of hydrogen-bond donors (Lipinski definition) is 2. The Kier molecular flexibility index (Phi) is 4.70. The Labute approximate surface area is 99.2 Å². The van der Waals surface area contributed by atoms with Crippen LogP contribution in [0, 0.1) is 0 Å². The highest BCUT2D eigenvalue weighted by atomic mass is 32.1. The first kappa shape index (κ1) is 12.9. The fraction of sp³-hybridized carbons (Fsp3) is 0.600. The fourth-order valence-electron chi connectivity index (χ4n) is 1.09. The van der Waals surface area contributed by atoms with E-state index < -0.39 is 0 Å². The molecule has 5 nitrogen and oxygen atoms in total. The molecule has 16 heavy (non-hydrogen) atoms. The first-order valence-corrected chi connectivity index (χ1v) is 5.91. The van der Waals surface area contributed by atoms with Crippen molar-refractivity contribution in [1.29, 1.82) is 0 Å². The van der Waals surface area contributed by atoms with E-state index in [2.05, 4.69) is 20.6 Å². The molecule has 0 aromatic carbocycles. The second-order valence-corrected chi connectivity index (χ2v) is 4.94. The Morgan fingerprint density at radius 3 is 2.94 bits per heavy atom. The number of carbonyl (C=O) groups excluding carboxylic acids is 1. The van der Waals surface area contributed by atoms with Gasteiger partial charge in [-0.1, -0.05) is 0 Å². The number of hydrogen-bond acceptors (Lipinski definition) is 6. The van der Waals surface area contributed by atoms with Gasteiger partial charge in [-0.25, -0.2) is 10.4 Å². The smallest absolute Gasteiger partial charge is 0.305 e. The molecule has 0 aliphatic rings. The third kappa shape index (κ3) is 4.59. The predicted molar refractivity (Wildman–Crippen MR) is 64.2 cm³/mol. The molecular formula is C10H17N3O2S. The summed E-state index contributed by atoms with van der Waals surface area (Å²) in [4.78, 5) is 15.1. The minimum absolute atomic E-state index is 0.191. The van der Waals surface area contributed by atoms with Crippen molar-refractivity contribution in [2.45, 2.75) is 32.2 Å². The second kappa shape index (κ2) is 5.81. The standard InChI is InChI=1S/C10H17N3O2S/c1-10(2,5-4-8(14)15-3)13-12-9-11-6-7-16-9/h6-7,13H,4-5H2,1-3H3,(H,11,12). The van der Waals surface area contributed by atoms with Gasteiger partial charge in [0.05, 0.1) is 7.11 Å². The average Bonchev–Trinajstić information content (AvgIpc) is 2.76. The number of ether oxygens (including phenoxy) is 1. The van der Waals surface area contributed by atoms with Gasteiger partial charge in [0.25, 0.3) is 0 Å². The molecule has 0 aliphatic heterocycles. The fourth-order valence-corrected chi connectivity index (χ4v) is 1.57. The van der Waals surface area contributed by atoms with E-state index in [0.717, 1.165) is 5.13 Å². The average molecular weight is 243 g/mol. The Morgan fingerprint density at radius 1 is 1.62 bits per heavy atom. The van der Waals surface area contributed by atoms with E-state index in [1.165, 1.54) is 18.4 Å². The van der Waals surface area contributed by atoms with Crippen molar-refractivity contribution < 1.29 is 9.53 Å². The van der Waals surface area contributed by atoms with Gasteiger partial charge in [-0.3, -0.25) is 10.2 Å². The summed E-state index contributed by atoms with van der Waals surface area (Å²) in [6, 6.07) is 0. The Hall–Kier alpha value is -1.14. The number of hydrazine groups is 1. The summed E-state index contributed by atoms with van der Waals surface area (Å²) in [5, 5.41) is 2.71. The van der Waals surface area contributed by atoms with Crippen LogP contribution < -0.4 is 10.9 Å². The Bertz CT molecular complexity index is 325. The van der Waals surface area contributed by atoms with Crippen LogP contribution >= 0.6 is 11.3 Å². The molecule has 6 heteroatoms. The molecule has 1 aromatic heterocycles. The van der Waals surface area contributed by atoms with Crippen molar-refractivity contribution in [3.63, 3.8) is 0 Å². The van der Waals surface area contributed by atoms with E-state index in [1.54, 1.807) is 6.20 Å². The van der Waals surface area contributed by atoms with E-state index >= 15 is 0 Å². The zero-order chi connectivity index (χ0) is 12.0. The van der Waals surface area contributed by atoms with E-state index in [-0.39, 0.29) is 11.5 Å². The molecule has 0 saturated carbocycles. The van der Waals surface area contributed by atoms with Gasteiger partial charge in [-0.05, 0) is 20.3 Å². The van der Waals surface area contributed by atoms with Crippen LogP contribution in [0.1, 0.15) is 26.7 Å². The third-order valence-electron chi connectivity index (χ3n) is 2.12. The van der Waals surface area contributed by atoms with Crippen LogP contribution in [-0.2, 0) is 9.53 Å². The highest BCUT2D eigenvalue weighted by molar-refractivity contribution is 7.13. The van der Waals surface area contributed by atoms with Crippen molar-refractivity contribution in [2.24, 2.45) is 0 Å². The lowest BCUT2D eigenvalue weighted by atomic mass is 10.00. The van der Waals surface area contributed by atoms with Gasteiger partial charge < -0.3 is 4.74 Å². The summed E-state index contributed by atoms with van der Waals surface area (Å²) >= 11 is 1.52. The molecule has 0 fully saturated rings. The summed E-state index contributed by atoms with van der Waals surface area (Å²) in [5.74, 6) is -0.191. The largest absolute Gasteiger partial charge is 0.469 e. The van der Waals surface area contributed by atoms with Crippen LogP contribution in [0.25, 0.3) is 0 Å². The number of methoxy groups -OCH3 is 1. The van der Waals surface area contributed by atoms with Crippen molar-refractivity contribution in [2.75, 3.05) is 12.5 Å². The van der Waals surface area contributed by atoms with Crippen LogP contribution in [-0.4, -0.2) is 23.6 Å². The first-order chi connectivity index (χ1) is 7.53. The highest BCUT2D eigenvalue weighted by Gasteiger charge is 2.19. The van der Waals surface area contributed by atoms with Crippen molar-refractivity contribution in [3.05, 3.63) is 11.6 Å². The van der Waals surface area contributed by atoms with E-state index in [0.29, 0.717) is 12.8 Å². The van der Waals surface area contributed by atoms with E-state index in [4.69, 9.17) is 0 Å². The number of thiazole rings is 1. The SMILES string of the molecule is COC(=O)CCC(C)(C)NNc1nccs1. The maximum Gasteiger partial charge on any atom is 0.305 e. The molecule has 0 atom stereocenters. The summed E-state index contributed by atoms with van der Waals surface area (Å²) in [6.07, 6.45) is 2.82. The lowest BCUT2D eigenvalue weighted by molar-refractivity contribution is -0.141. The number of nitrogens with zero attached hydrogens (tertiary/aromatic N) is 1. The lowest BCUT2D eigenvalue weighted by Crippen LogP contribution is -2.43. The zero-order valence-corrected chi connectivity index (χ0v) is 10.6. The molecule has 0 aliphatic carbocycles. The molecule has 0 unspecified atom stereocenters. The topological polar surface area (TPSA) is 63.2 Å². The summed E-state index contributed by atoms with van der Waals surface area (Å²) in [7, 11) is 1.40. The van der Waals surface area contributed by atoms with Crippen molar-refractivity contribution >= 4 is 22.4 Å². The minimum Gasteiger partial charge on any atom is -0.469 e. The first-order valence-electron chi connectivity index (χ1n) is 5.03. The second-order valence-electron chi connectivity index (χ2n) is 4.05.